The minimum absolute atomic E-state index is 0.0717. The van der Waals surface area contributed by atoms with Gasteiger partial charge in [-0.3, -0.25) is 0 Å². The van der Waals surface area contributed by atoms with Crippen molar-refractivity contribution in [3.63, 3.8) is 0 Å². The Hall–Kier alpha value is -1.55. The Morgan fingerprint density at radius 3 is 3.07 bits per heavy atom. The molecule has 0 aliphatic heterocycles. The number of aryl methyl sites for hydroxylation is 1. The maximum absolute atomic E-state index is 10.5. The largest absolute Gasteiger partial charge is 0.423 e. The highest BCUT2D eigenvalue weighted by molar-refractivity contribution is 5.64. The molecular formula is C11H14N2O2. The summed E-state index contributed by atoms with van der Waals surface area (Å²) in [6, 6.07) is 8.24. The average Bonchev–Trinajstić information content (AvgIpc) is 2.26. The van der Waals surface area contributed by atoms with Gasteiger partial charge >= 0.3 is 6.09 Å². The zero-order valence-electron chi connectivity index (χ0n) is 8.40. The standard InChI is InChI=1S/C11H14N2O2/c12-11(14)15-13-10-7-3-5-8-4-1-2-6-9(8)10/h1-2,4,6,10,13H,3,5,7H2,(H2,12,14). The Morgan fingerprint density at radius 2 is 2.27 bits per heavy atom. The van der Waals surface area contributed by atoms with Crippen molar-refractivity contribution in [3.05, 3.63) is 35.4 Å². The van der Waals surface area contributed by atoms with Crippen molar-refractivity contribution in [3.8, 4) is 0 Å². The molecule has 1 aromatic rings. The maximum atomic E-state index is 10.5. The van der Waals surface area contributed by atoms with Crippen molar-refractivity contribution in [1.82, 2.24) is 5.48 Å². The summed E-state index contributed by atoms with van der Waals surface area (Å²) < 4.78 is 0. The van der Waals surface area contributed by atoms with E-state index in [9.17, 15) is 4.79 Å². The van der Waals surface area contributed by atoms with Crippen LogP contribution in [0.1, 0.15) is 30.0 Å². The molecule has 0 radical (unpaired) electrons. The number of fused-ring (bicyclic) bond motifs is 1. The van der Waals surface area contributed by atoms with Gasteiger partial charge in [0.1, 0.15) is 0 Å². The number of carbonyl (C=O) groups is 1. The van der Waals surface area contributed by atoms with Crippen molar-refractivity contribution >= 4 is 6.09 Å². The molecule has 4 heteroatoms. The smallest absolute Gasteiger partial charge is 0.353 e. The number of benzene rings is 1. The fourth-order valence-corrected chi connectivity index (χ4v) is 2.01. The molecule has 0 heterocycles. The van der Waals surface area contributed by atoms with E-state index in [0.29, 0.717) is 0 Å². The van der Waals surface area contributed by atoms with E-state index in [1.54, 1.807) is 0 Å². The molecule has 1 aliphatic rings. The van der Waals surface area contributed by atoms with E-state index < -0.39 is 6.09 Å². The summed E-state index contributed by atoms with van der Waals surface area (Å²) >= 11 is 0. The van der Waals surface area contributed by atoms with Crippen molar-refractivity contribution in [2.24, 2.45) is 5.73 Å². The van der Waals surface area contributed by atoms with Gasteiger partial charge in [-0.15, -0.1) is 5.48 Å². The van der Waals surface area contributed by atoms with Gasteiger partial charge in [0, 0.05) is 0 Å². The van der Waals surface area contributed by atoms with E-state index in [2.05, 4.69) is 22.5 Å². The van der Waals surface area contributed by atoms with Gasteiger partial charge in [-0.2, -0.15) is 0 Å². The van der Waals surface area contributed by atoms with Gasteiger partial charge in [0.25, 0.3) is 0 Å². The molecule has 15 heavy (non-hydrogen) atoms. The van der Waals surface area contributed by atoms with Gasteiger partial charge in [0.15, 0.2) is 0 Å². The third-order valence-corrected chi connectivity index (χ3v) is 2.67. The van der Waals surface area contributed by atoms with Gasteiger partial charge in [-0.25, -0.2) is 4.79 Å². The van der Waals surface area contributed by atoms with Crippen molar-refractivity contribution < 1.29 is 9.63 Å². The molecule has 0 bridgehead atoms. The van der Waals surface area contributed by atoms with E-state index in [1.807, 2.05) is 12.1 Å². The summed E-state index contributed by atoms with van der Waals surface area (Å²) in [5.41, 5.74) is 10.1. The first-order valence-corrected chi connectivity index (χ1v) is 5.07. The number of primary amides is 1. The van der Waals surface area contributed by atoms with Crippen molar-refractivity contribution in [2.45, 2.75) is 25.3 Å². The molecule has 1 aliphatic carbocycles. The quantitative estimate of drug-likeness (QED) is 0.723. The van der Waals surface area contributed by atoms with E-state index in [0.717, 1.165) is 19.3 Å². The highest BCUT2D eigenvalue weighted by Gasteiger charge is 2.20. The highest BCUT2D eigenvalue weighted by Crippen LogP contribution is 2.29. The molecule has 2 rings (SSSR count). The van der Waals surface area contributed by atoms with E-state index in [1.165, 1.54) is 11.1 Å². The molecule has 0 saturated heterocycles. The number of nitrogens with two attached hydrogens (primary N) is 1. The van der Waals surface area contributed by atoms with Gasteiger partial charge < -0.3 is 10.6 Å². The van der Waals surface area contributed by atoms with Crippen LogP contribution in [0, 0.1) is 0 Å². The molecule has 3 N–H and O–H groups in total. The van der Waals surface area contributed by atoms with Gasteiger partial charge in [-0.05, 0) is 30.4 Å². The lowest BCUT2D eigenvalue weighted by molar-refractivity contribution is 0.0714. The maximum Gasteiger partial charge on any atom is 0.423 e. The Morgan fingerprint density at radius 1 is 1.47 bits per heavy atom. The van der Waals surface area contributed by atoms with Crippen LogP contribution >= 0.6 is 0 Å². The fourth-order valence-electron chi connectivity index (χ4n) is 2.01. The number of amides is 1. The first-order valence-electron chi connectivity index (χ1n) is 5.07. The van der Waals surface area contributed by atoms with Crippen molar-refractivity contribution in [1.29, 1.82) is 0 Å². The lowest BCUT2D eigenvalue weighted by Crippen LogP contribution is -2.30. The van der Waals surface area contributed by atoms with E-state index >= 15 is 0 Å². The minimum atomic E-state index is -0.793. The third-order valence-electron chi connectivity index (χ3n) is 2.67. The lowest BCUT2D eigenvalue weighted by atomic mass is 9.88. The molecule has 0 spiro atoms. The first-order chi connectivity index (χ1) is 7.27. The predicted octanol–water partition coefficient (Wildman–Crippen LogP) is 1.66. The van der Waals surface area contributed by atoms with Crippen LogP contribution in [0.3, 0.4) is 0 Å². The molecule has 1 atom stereocenters. The normalized spacial score (nSPS) is 19.3. The summed E-state index contributed by atoms with van der Waals surface area (Å²) in [4.78, 5) is 15.1. The van der Waals surface area contributed by atoms with Crippen LogP contribution in [0.2, 0.25) is 0 Å². The van der Waals surface area contributed by atoms with E-state index in [4.69, 9.17) is 5.73 Å². The number of carbonyl (C=O) groups excluding carboxylic acids is 1. The zero-order valence-corrected chi connectivity index (χ0v) is 8.40. The molecule has 0 saturated carbocycles. The van der Waals surface area contributed by atoms with Crippen molar-refractivity contribution in [2.75, 3.05) is 0 Å². The molecule has 1 unspecified atom stereocenters. The van der Waals surface area contributed by atoms with Crippen LogP contribution in [-0.4, -0.2) is 6.09 Å². The summed E-state index contributed by atoms with van der Waals surface area (Å²) in [5.74, 6) is 0. The predicted molar refractivity (Wildman–Crippen MR) is 55.9 cm³/mol. The van der Waals surface area contributed by atoms with Gasteiger partial charge in [-0.1, -0.05) is 24.3 Å². The Balaban J connectivity index is 2.11. The fraction of sp³-hybridized carbons (Fsp3) is 0.364. The summed E-state index contributed by atoms with van der Waals surface area (Å²) in [6.07, 6.45) is 2.35. The monoisotopic (exact) mass is 206 g/mol. The van der Waals surface area contributed by atoms with Crippen LogP contribution in [0.4, 0.5) is 4.79 Å². The van der Waals surface area contributed by atoms with E-state index in [-0.39, 0.29) is 6.04 Å². The first kappa shape index (κ1) is 9.98. The Kier molecular flexibility index (Phi) is 2.87. The highest BCUT2D eigenvalue weighted by atomic mass is 16.7. The Labute approximate surface area is 88.4 Å². The molecule has 0 fully saturated rings. The third kappa shape index (κ3) is 2.27. The topological polar surface area (TPSA) is 64.4 Å². The Bertz CT molecular complexity index is 365. The van der Waals surface area contributed by atoms with Crippen LogP contribution < -0.4 is 11.2 Å². The zero-order chi connectivity index (χ0) is 10.7. The molecule has 4 nitrogen and oxygen atoms in total. The SMILES string of the molecule is NC(=O)ONC1CCCc2ccccc21. The van der Waals surface area contributed by atoms with Crippen LogP contribution in [0.15, 0.2) is 24.3 Å². The molecule has 1 amide bonds. The van der Waals surface area contributed by atoms with Crippen LogP contribution in [0.5, 0.6) is 0 Å². The van der Waals surface area contributed by atoms with Gasteiger partial charge in [0.2, 0.25) is 0 Å². The second-order valence-electron chi connectivity index (χ2n) is 3.68. The lowest BCUT2D eigenvalue weighted by Gasteiger charge is -2.25. The molecule has 1 aromatic carbocycles. The van der Waals surface area contributed by atoms with Crippen LogP contribution in [0.25, 0.3) is 0 Å². The molecule has 0 aromatic heterocycles. The number of hydroxylamine groups is 1. The van der Waals surface area contributed by atoms with Crippen LogP contribution in [-0.2, 0) is 11.3 Å². The summed E-state index contributed by atoms with van der Waals surface area (Å²) in [5, 5.41) is 0. The second-order valence-corrected chi connectivity index (χ2v) is 3.68. The number of hydrogen-bond donors (Lipinski definition) is 2. The molecule has 80 valence electrons. The second kappa shape index (κ2) is 4.31. The summed E-state index contributed by atoms with van der Waals surface area (Å²) in [7, 11) is 0. The average molecular weight is 206 g/mol. The number of rotatable bonds is 2. The number of nitrogens with one attached hydrogen (secondary N) is 1. The minimum Gasteiger partial charge on any atom is -0.353 e. The van der Waals surface area contributed by atoms with Gasteiger partial charge in [0.05, 0.1) is 6.04 Å². The molecular weight excluding hydrogens is 192 g/mol. The number of hydrogen-bond acceptors (Lipinski definition) is 3. The summed E-state index contributed by atoms with van der Waals surface area (Å²) in [6.45, 7) is 0.